The molecule has 2 N–H and O–H groups in total. The normalized spacial score (nSPS) is 15.4. The molecule has 0 saturated carbocycles. The molecule has 28 heavy (non-hydrogen) atoms. The number of amides is 1. The number of aromatic nitrogens is 3. The first-order chi connectivity index (χ1) is 13.1. The van der Waals surface area contributed by atoms with E-state index < -0.39 is 6.04 Å². The number of nitrogens with one attached hydrogen (secondary N) is 2. The van der Waals surface area contributed by atoms with Crippen molar-refractivity contribution in [2.45, 2.75) is 38.3 Å². The molecule has 0 bridgehead atoms. The van der Waals surface area contributed by atoms with E-state index in [4.69, 9.17) is 4.74 Å². The van der Waals surface area contributed by atoms with E-state index in [1.807, 2.05) is 41.9 Å². The van der Waals surface area contributed by atoms with E-state index in [2.05, 4.69) is 20.9 Å². The van der Waals surface area contributed by atoms with Crippen molar-refractivity contribution in [2.24, 2.45) is 0 Å². The number of hydrogen-bond acceptors (Lipinski definition) is 6. The zero-order chi connectivity index (χ0) is 19.2. The minimum Gasteiger partial charge on any atom is -0.469 e. The number of hydrogen-bond donors (Lipinski definition) is 2. The van der Waals surface area contributed by atoms with Gasteiger partial charge in [0.1, 0.15) is 0 Å². The van der Waals surface area contributed by atoms with Gasteiger partial charge < -0.3 is 15.4 Å². The lowest BCUT2D eigenvalue weighted by Gasteiger charge is -2.23. The Balaban J connectivity index is 0.00000280. The van der Waals surface area contributed by atoms with E-state index in [0.717, 1.165) is 37.2 Å². The molecule has 1 aromatic heterocycles. The summed E-state index contributed by atoms with van der Waals surface area (Å²) in [6, 6.07) is 9.11. The third-order valence-corrected chi connectivity index (χ3v) is 4.90. The van der Waals surface area contributed by atoms with Gasteiger partial charge in [-0.3, -0.25) is 9.59 Å². The fourth-order valence-corrected chi connectivity index (χ4v) is 3.36. The number of nitrogens with zero attached hydrogens (tertiary/aromatic N) is 3. The van der Waals surface area contributed by atoms with Crippen LogP contribution in [0.5, 0.6) is 0 Å². The monoisotopic (exact) mass is 407 g/mol. The van der Waals surface area contributed by atoms with Crippen molar-refractivity contribution in [2.75, 3.05) is 20.2 Å². The van der Waals surface area contributed by atoms with Gasteiger partial charge in [0.25, 0.3) is 5.91 Å². The van der Waals surface area contributed by atoms with Crippen LogP contribution in [0.15, 0.2) is 30.3 Å². The SMILES string of the molecule is COC(=O)CC(NC(=O)c1nnn(C2CCNCC2)c1C)c1ccccc1.Cl. The van der Waals surface area contributed by atoms with Crippen LogP contribution in [0, 0.1) is 6.92 Å². The number of ether oxygens (including phenoxy) is 1. The molecule has 1 atom stereocenters. The molecule has 1 fully saturated rings. The summed E-state index contributed by atoms with van der Waals surface area (Å²) in [5.41, 5.74) is 1.86. The van der Waals surface area contributed by atoms with Gasteiger partial charge in [-0.15, -0.1) is 17.5 Å². The smallest absolute Gasteiger partial charge is 0.307 e. The van der Waals surface area contributed by atoms with Crippen LogP contribution < -0.4 is 10.6 Å². The van der Waals surface area contributed by atoms with Gasteiger partial charge >= 0.3 is 5.97 Å². The molecular formula is C19H26ClN5O3. The summed E-state index contributed by atoms with van der Waals surface area (Å²) >= 11 is 0. The van der Waals surface area contributed by atoms with E-state index in [0.29, 0.717) is 5.69 Å². The molecule has 1 aliphatic heterocycles. The van der Waals surface area contributed by atoms with Gasteiger partial charge in [0.2, 0.25) is 0 Å². The van der Waals surface area contributed by atoms with E-state index in [9.17, 15) is 9.59 Å². The summed E-state index contributed by atoms with van der Waals surface area (Å²) in [6.07, 6.45) is 1.97. The van der Waals surface area contributed by atoms with Crippen LogP contribution in [0.3, 0.4) is 0 Å². The van der Waals surface area contributed by atoms with E-state index in [1.165, 1.54) is 7.11 Å². The van der Waals surface area contributed by atoms with Crippen molar-refractivity contribution in [3.63, 3.8) is 0 Å². The second kappa shape index (κ2) is 10.2. The van der Waals surface area contributed by atoms with Crippen molar-refractivity contribution in [3.05, 3.63) is 47.3 Å². The third kappa shape index (κ3) is 5.08. The van der Waals surface area contributed by atoms with Gasteiger partial charge in [-0.1, -0.05) is 35.5 Å². The molecule has 2 heterocycles. The van der Waals surface area contributed by atoms with E-state index in [1.54, 1.807) is 0 Å². The number of piperidine rings is 1. The van der Waals surface area contributed by atoms with Gasteiger partial charge in [-0.2, -0.15) is 0 Å². The van der Waals surface area contributed by atoms with Crippen LogP contribution in [0.4, 0.5) is 0 Å². The highest BCUT2D eigenvalue weighted by Crippen LogP contribution is 2.22. The number of rotatable bonds is 6. The van der Waals surface area contributed by atoms with Gasteiger partial charge in [-0.25, -0.2) is 4.68 Å². The first-order valence-electron chi connectivity index (χ1n) is 9.15. The summed E-state index contributed by atoms with van der Waals surface area (Å²) in [5.74, 6) is -0.732. The Morgan fingerprint density at radius 1 is 1.29 bits per heavy atom. The largest absolute Gasteiger partial charge is 0.469 e. The standard InChI is InChI=1S/C19H25N5O3.ClH/c1-13-18(22-23-24(13)15-8-10-20-11-9-15)19(26)21-16(12-17(25)27-2)14-6-4-3-5-7-14;/h3-7,15-16,20H,8-12H2,1-2H3,(H,21,26);1H. The van der Waals surface area contributed by atoms with Gasteiger partial charge in [0, 0.05) is 0 Å². The predicted octanol–water partition coefficient (Wildman–Crippen LogP) is 1.97. The highest BCUT2D eigenvalue weighted by Gasteiger charge is 2.25. The van der Waals surface area contributed by atoms with E-state index >= 15 is 0 Å². The Labute approximate surface area is 170 Å². The zero-order valence-electron chi connectivity index (χ0n) is 16.1. The lowest BCUT2D eigenvalue weighted by Crippen LogP contribution is -2.32. The minimum absolute atomic E-state index is 0. The van der Waals surface area contributed by atoms with Crippen LogP contribution in [0.2, 0.25) is 0 Å². The topological polar surface area (TPSA) is 98.1 Å². The average molecular weight is 408 g/mol. The van der Waals surface area contributed by atoms with Crippen molar-refractivity contribution >= 4 is 24.3 Å². The van der Waals surface area contributed by atoms with Gasteiger partial charge in [0.15, 0.2) is 5.69 Å². The lowest BCUT2D eigenvalue weighted by atomic mass is 10.0. The second-order valence-electron chi connectivity index (χ2n) is 6.67. The van der Waals surface area contributed by atoms with Crippen LogP contribution in [0.1, 0.15) is 53.1 Å². The minimum atomic E-state index is -0.491. The van der Waals surface area contributed by atoms with Crippen molar-refractivity contribution in [1.82, 2.24) is 25.6 Å². The highest BCUT2D eigenvalue weighted by atomic mass is 35.5. The fourth-order valence-electron chi connectivity index (χ4n) is 3.36. The second-order valence-corrected chi connectivity index (χ2v) is 6.67. The zero-order valence-corrected chi connectivity index (χ0v) is 16.9. The summed E-state index contributed by atoms with van der Waals surface area (Å²) in [5, 5.41) is 14.5. The van der Waals surface area contributed by atoms with Crippen LogP contribution in [0.25, 0.3) is 0 Å². The van der Waals surface area contributed by atoms with Crippen LogP contribution >= 0.6 is 12.4 Å². The number of carbonyl (C=O) groups is 2. The third-order valence-electron chi connectivity index (χ3n) is 4.90. The summed E-state index contributed by atoms with van der Waals surface area (Å²) in [6.45, 7) is 3.72. The lowest BCUT2D eigenvalue weighted by molar-refractivity contribution is -0.141. The number of benzene rings is 1. The molecule has 1 unspecified atom stereocenters. The van der Waals surface area contributed by atoms with Crippen LogP contribution in [-0.4, -0.2) is 47.1 Å². The molecule has 0 spiro atoms. The molecule has 1 saturated heterocycles. The molecule has 1 aliphatic rings. The maximum Gasteiger partial charge on any atom is 0.307 e. The average Bonchev–Trinajstić information content (AvgIpc) is 3.10. The molecule has 3 rings (SSSR count). The Morgan fingerprint density at radius 3 is 2.61 bits per heavy atom. The Morgan fingerprint density at radius 2 is 1.96 bits per heavy atom. The molecule has 2 aromatic rings. The molecule has 0 radical (unpaired) electrons. The van der Waals surface area contributed by atoms with Crippen LogP contribution in [-0.2, 0) is 9.53 Å². The first-order valence-corrected chi connectivity index (χ1v) is 9.15. The molecule has 9 heteroatoms. The number of esters is 1. The maximum absolute atomic E-state index is 12.8. The summed E-state index contributed by atoms with van der Waals surface area (Å²) in [4.78, 5) is 24.6. The molecule has 1 amide bonds. The molecule has 8 nitrogen and oxygen atoms in total. The number of methoxy groups -OCH3 is 1. The molecule has 1 aromatic carbocycles. The summed E-state index contributed by atoms with van der Waals surface area (Å²) < 4.78 is 6.61. The Kier molecular flexibility index (Phi) is 7.95. The Bertz CT molecular complexity index is 790. The fraction of sp³-hybridized carbons (Fsp3) is 0.474. The highest BCUT2D eigenvalue weighted by molar-refractivity contribution is 5.93. The van der Waals surface area contributed by atoms with Crippen molar-refractivity contribution in [3.8, 4) is 0 Å². The Hall–Kier alpha value is -2.45. The van der Waals surface area contributed by atoms with Gasteiger partial charge in [0.05, 0.1) is 31.3 Å². The van der Waals surface area contributed by atoms with Gasteiger partial charge in [-0.05, 0) is 38.4 Å². The number of carbonyl (C=O) groups excluding carboxylic acids is 2. The summed E-state index contributed by atoms with van der Waals surface area (Å²) in [7, 11) is 1.33. The van der Waals surface area contributed by atoms with Crippen molar-refractivity contribution in [1.29, 1.82) is 0 Å². The first kappa shape index (κ1) is 21.8. The molecule has 0 aliphatic carbocycles. The quantitative estimate of drug-likeness (QED) is 0.710. The predicted molar refractivity (Wildman–Crippen MR) is 106 cm³/mol. The number of halogens is 1. The van der Waals surface area contributed by atoms with Crippen molar-refractivity contribution < 1.29 is 14.3 Å². The molecule has 152 valence electrons. The molecular weight excluding hydrogens is 382 g/mol. The van der Waals surface area contributed by atoms with E-state index in [-0.39, 0.29) is 36.7 Å². The maximum atomic E-state index is 12.8.